The van der Waals surface area contributed by atoms with Gasteiger partial charge in [-0.25, -0.2) is 8.78 Å². The van der Waals surface area contributed by atoms with E-state index in [-0.39, 0.29) is 5.82 Å². The number of nitrogen functional groups attached to an aromatic ring is 1. The molecule has 2 aromatic heterocycles. The Bertz CT molecular complexity index is 731. The van der Waals surface area contributed by atoms with Crippen molar-refractivity contribution in [3.05, 3.63) is 59.7 Å². The maximum absolute atomic E-state index is 13.3. The van der Waals surface area contributed by atoms with Gasteiger partial charge in [0.05, 0.1) is 11.8 Å². The largest absolute Gasteiger partial charge is 0.469 e. The summed E-state index contributed by atoms with van der Waals surface area (Å²) < 4.78 is 37.1. The maximum Gasteiger partial charge on any atom is 0.175 e. The van der Waals surface area contributed by atoms with E-state index in [1.54, 1.807) is 12.3 Å². The summed E-state index contributed by atoms with van der Waals surface area (Å²) in [4.78, 5) is 0. The van der Waals surface area contributed by atoms with Gasteiger partial charge >= 0.3 is 0 Å². The predicted molar refractivity (Wildman–Crippen MR) is 72.4 cm³/mol. The molecule has 2 heterocycles. The molecule has 0 radical (unpaired) electrons. The lowest BCUT2D eigenvalue weighted by atomic mass is 10.0. The highest BCUT2D eigenvalue weighted by Crippen LogP contribution is 2.31. The Morgan fingerprint density at radius 3 is 2.52 bits per heavy atom. The molecule has 0 bridgehead atoms. The van der Waals surface area contributed by atoms with Crippen LogP contribution in [0.15, 0.2) is 45.5 Å². The summed E-state index contributed by atoms with van der Waals surface area (Å²) >= 11 is 0. The van der Waals surface area contributed by atoms with Gasteiger partial charge in [0.15, 0.2) is 5.82 Å². The van der Waals surface area contributed by atoms with Gasteiger partial charge < -0.3 is 14.7 Å². The van der Waals surface area contributed by atoms with Crippen molar-refractivity contribution in [1.82, 2.24) is 5.16 Å². The van der Waals surface area contributed by atoms with Gasteiger partial charge in [0.1, 0.15) is 23.2 Å². The van der Waals surface area contributed by atoms with E-state index in [0.29, 0.717) is 29.7 Å². The van der Waals surface area contributed by atoms with Crippen molar-refractivity contribution >= 4 is 5.82 Å². The van der Waals surface area contributed by atoms with Gasteiger partial charge in [-0.2, -0.15) is 0 Å². The molecule has 108 valence electrons. The molecule has 0 aliphatic carbocycles. The van der Waals surface area contributed by atoms with Crippen LogP contribution in [-0.2, 0) is 12.8 Å². The first-order valence-corrected chi connectivity index (χ1v) is 6.36. The number of halogens is 2. The van der Waals surface area contributed by atoms with Gasteiger partial charge in [-0.15, -0.1) is 0 Å². The number of benzene rings is 1. The highest BCUT2D eigenvalue weighted by molar-refractivity contribution is 5.75. The third-order valence-electron chi connectivity index (χ3n) is 3.12. The van der Waals surface area contributed by atoms with E-state index < -0.39 is 11.6 Å². The lowest BCUT2D eigenvalue weighted by molar-refractivity contribution is 0.382. The molecular weight excluding hydrogens is 278 g/mol. The van der Waals surface area contributed by atoms with E-state index in [1.807, 2.05) is 6.07 Å². The van der Waals surface area contributed by atoms with E-state index >= 15 is 0 Å². The van der Waals surface area contributed by atoms with Gasteiger partial charge in [-0.1, -0.05) is 5.16 Å². The van der Waals surface area contributed by atoms with Crippen molar-refractivity contribution in [3.63, 3.8) is 0 Å². The fraction of sp³-hybridized carbons (Fsp3) is 0.133. The Kier molecular flexibility index (Phi) is 3.43. The Hall–Kier alpha value is -2.63. The molecule has 0 aliphatic heterocycles. The fourth-order valence-corrected chi connectivity index (χ4v) is 2.21. The van der Waals surface area contributed by atoms with E-state index in [1.165, 1.54) is 12.1 Å². The summed E-state index contributed by atoms with van der Waals surface area (Å²) in [6.45, 7) is 0. The zero-order chi connectivity index (χ0) is 14.8. The molecule has 3 rings (SSSR count). The lowest BCUT2D eigenvalue weighted by Gasteiger charge is -2.03. The van der Waals surface area contributed by atoms with E-state index in [0.717, 1.165) is 11.8 Å². The average molecular weight is 290 g/mol. The second kappa shape index (κ2) is 5.40. The van der Waals surface area contributed by atoms with Crippen LogP contribution >= 0.6 is 0 Å². The summed E-state index contributed by atoms with van der Waals surface area (Å²) in [5, 5.41) is 3.68. The molecule has 0 saturated heterocycles. The number of nitrogens with two attached hydrogens (primary N) is 1. The number of rotatable bonds is 4. The lowest BCUT2D eigenvalue weighted by Crippen LogP contribution is -1.94. The minimum atomic E-state index is -0.678. The van der Waals surface area contributed by atoms with Crippen LogP contribution in [-0.4, -0.2) is 5.16 Å². The Balaban J connectivity index is 1.92. The summed E-state index contributed by atoms with van der Waals surface area (Å²) in [6.07, 6.45) is 2.62. The van der Waals surface area contributed by atoms with E-state index in [4.69, 9.17) is 14.7 Å². The van der Waals surface area contributed by atoms with Gasteiger partial charge in [-0.05, 0) is 29.8 Å². The third-order valence-corrected chi connectivity index (χ3v) is 3.12. The average Bonchev–Trinajstić information content (AvgIpc) is 3.04. The summed E-state index contributed by atoms with van der Waals surface area (Å²) in [5.74, 6) is -0.00476. The number of aromatic nitrogens is 1. The molecule has 21 heavy (non-hydrogen) atoms. The number of hydrogen-bond acceptors (Lipinski definition) is 4. The van der Waals surface area contributed by atoms with Gasteiger partial charge in [0.25, 0.3) is 0 Å². The molecule has 0 aliphatic rings. The van der Waals surface area contributed by atoms with Gasteiger partial charge in [0, 0.05) is 18.9 Å². The predicted octanol–water partition coefficient (Wildman–Crippen LogP) is 3.58. The third kappa shape index (κ3) is 2.79. The molecule has 0 amide bonds. The van der Waals surface area contributed by atoms with E-state index in [9.17, 15) is 8.78 Å². The number of anilines is 1. The zero-order valence-electron chi connectivity index (χ0n) is 11.0. The smallest absolute Gasteiger partial charge is 0.175 e. The zero-order valence-corrected chi connectivity index (χ0v) is 11.0. The topological polar surface area (TPSA) is 65.2 Å². The fourth-order valence-electron chi connectivity index (χ4n) is 2.21. The molecule has 0 saturated carbocycles. The second-order valence-corrected chi connectivity index (χ2v) is 4.60. The molecule has 3 aromatic rings. The van der Waals surface area contributed by atoms with Crippen molar-refractivity contribution in [1.29, 1.82) is 0 Å². The van der Waals surface area contributed by atoms with Crippen LogP contribution in [0.5, 0.6) is 0 Å². The standard InChI is InChI=1S/C15H12F2N2O2/c16-10-6-9(7-11(17)8-10)14-13(21-19-15(14)18)4-3-12-2-1-5-20-12/h1-2,5-8H,3-4H2,(H2,18,19). The monoisotopic (exact) mass is 290 g/mol. The van der Waals surface area contributed by atoms with Crippen molar-refractivity contribution in [2.75, 3.05) is 5.73 Å². The molecule has 0 spiro atoms. The highest BCUT2D eigenvalue weighted by atomic mass is 19.1. The number of furan rings is 1. The van der Waals surface area contributed by atoms with Crippen LogP contribution in [0.3, 0.4) is 0 Å². The second-order valence-electron chi connectivity index (χ2n) is 4.60. The number of aryl methyl sites for hydroxylation is 2. The van der Waals surface area contributed by atoms with Crippen LogP contribution in [0.4, 0.5) is 14.6 Å². The first-order chi connectivity index (χ1) is 10.1. The van der Waals surface area contributed by atoms with Crippen molar-refractivity contribution in [3.8, 4) is 11.1 Å². The van der Waals surface area contributed by atoms with Crippen LogP contribution in [0.25, 0.3) is 11.1 Å². The van der Waals surface area contributed by atoms with E-state index in [2.05, 4.69) is 5.16 Å². The molecule has 0 atom stereocenters. The minimum absolute atomic E-state index is 0.106. The van der Waals surface area contributed by atoms with Crippen LogP contribution in [0.2, 0.25) is 0 Å². The molecular formula is C15H12F2N2O2. The summed E-state index contributed by atoms with van der Waals surface area (Å²) in [6, 6.07) is 6.81. The SMILES string of the molecule is Nc1noc(CCc2ccco2)c1-c1cc(F)cc(F)c1. The van der Waals surface area contributed by atoms with Gasteiger partial charge in [-0.3, -0.25) is 0 Å². The van der Waals surface area contributed by atoms with Crippen LogP contribution in [0, 0.1) is 11.6 Å². The molecule has 0 unspecified atom stereocenters. The quantitative estimate of drug-likeness (QED) is 0.797. The molecule has 1 aromatic carbocycles. The summed E-state index contributed by atoms with van der Waals surface area (Å²) in [5.41, 5.74) is 6.47. The first-order valence-electron chi connectivity index (χ1n) is 6.36. The maximum atomic E-state index is 13.3. The Morgan fingerprint density at radius 1 is 1.10 bits per heavy atom. The number of hydrogen-bond donors (Lipinski definition) is 1. The van der Waals surface area contributed by atoms with Crippen molar-refractivity contribution in [2.45, 2.75) is 12.8 Å². The van der Waals surface area contributed by atoms with Crippen LogP contribution < -0.4 is 5.73 Å². The van der Waals surface area contributed by atoms with Gasteiger partial charge in [0.2, 0.25) is 0 Å². The molecule has 2 N–H and O–H groups in total. The molecule has 6 heteroatoms. The Labute approximate surface area is 119 Å². The van der Waals surface area contributed by atoms with Crippen molar-refractivity contribution in [2.24, 2.45) is 0 Å². The molecule has 4 nitrogen and oxygen atoms in total. The number of nitrogens with zero attached hydrogens (tertiary/aromatic N) is 1. The molecule has 0 fully saturated rings. The van der Waals surface area contributed by atoms with Crippen LogP contribution in [0.1, 0.15) is 11.5 Å². The van der Waals surface area contributed by atoms with Crippen molar-refractivity contribution < 1.29 is 17.7 Å². The highest BCUT2D eigenvalue weighted by Gasteiger charge is 2.17. The first kappa shape index (κ1) is 13.4. The Morgan fingerprint density at radius 2 is 1.86 bits per heavy atom. The normalized spacial score (nSPS) is 11.0. The minimum Gasteiger partial charge on any atom is -0.469 e. The summed E-state index contributed by atoms with van der Waals surface area (Å²) in [7, 11) is 0.